The monoisotopic (exact) mass is 402 g/mol. The van der Waals surface area contributed by atoms with Gasteiger partial charge < -0.3 is 10.2 Å². The second-order valence-corrected chi connectivity index (χ2v) is 7.49. The van der Waals surface area contributed by atoms with Crippen LogP contribution in [0.25, 0.3) is 11.1 Å². The smallest absolute Gasteiger partial charge is 0.253 e. The first-order chi connectivity index (χ1) is 14.6. The number of likely N-dealkylation sites (tertiary alicyclic amines) is 1. The molecule has 0 radical (unpaired) electrons. The highest BCUT2D eigenvalue weighted by Crippen LogP contribution is 2.21. The molecule has 0 saturated carbocycles. The third-order valence-electron chi connectivity index (χ3n) is 5.44. The predicted octanol–water partition coefficient (Wildman–Crippen LogP) is 4.53. The van der Waals surface area contributed by atoms with E-state index in [9.17, 15) is 14.0 Å². The average Bonchev–Trinajstić information content (AvgIpc) is 2.80. The molecule has 1 saturated heterocycles. The minimum Gasteiger partial charge on any atom is -0.349 e. The van der Waals surface area contributed by atoms with Crippen LogP contribution in [-0.4, -0.2) is 35.8 Å². The summed E-state index contributed by atoms with van der Waals surface area (Å²) in [4.78, 5) is 26.9. The van der Waals surface area contributed by atoms with Crippen molar-refractivity contribution in [1.29, 1.82) is 0 Å². The van der Waals surface area contributed by atoms with Crippen LogP contribution < -0.4 is 5.32 Å². The van der Waals surface area contributed by atoms with E-state index in [2.05, 4.69) is 5.32 Å². The van der Waals surface area contributed by atoms with Gasteiger partial charge in [-0.25, -0.2) is 4.39 Å². The maximum Gasteiger partial charge on any atom is 0.253 e. The summed E-state index contributed by atoms with van der Waals surface area (Å²) in [5, 5.41) is 2.94. The second-order valence-electron chi connectivity index (χ2n) is 7.49. The van der Waals surface area contributed by atoms with Crippen LogP contribution in [0.2, 0.25) is 0 Å². The van der Waals surface area contributed by atoms with Crippen LogP contribution in [0.15, 0.2) is 78.9 Å². The first-order valence-electron chi connectivity index (χ1n) is 10.1. The molecule has 4 rings (SSSR count). The Morgan fingerprint density at radius 1 is 0.800 bits per heavy atom. The van der Waals surface area contributed by atoms with Crippen LogP contribution in [0, 0.1) is 5.82 Å². The van der Waals surface area contributed by atoms with Crippen molar-refractivity contribution in [2.45, 2.75) is 18.9 Å². The molecular weight excluding hydrogens is 379 g/mol. The number of carbonyl (C=O) groups excluding carboxylic acids is 2. The van der Waals surface area contributed by atoms with Crippen molar-refractivity contribution in [1.82, 2.24) is 10.2 Å². The van der Waals surface area contributed by atoms with Gasteiger partial charge in [-0.05, 0) is 54.3 Å². The zero-order chi connectivity index (χ0) is 20.9. The van der Waals surface area contributed by atoms with Gasteiger partial charge >= 0.3 is 0 Å². The van der Waals surface area contributed by atoms with Crippen LogP contribution >= 0.6 is 0 Å². The molecule has 1 aliphatic rings. The standard InChI is InChI=1S/C25H23FN2O2/c26-22-8-4-7-21(17-22)24(29)27-23-13-15-28(16-14-23)25(30)20-11-9-19(10-12-20)18-5-2-1-3-6-18/h1-12,17,23H,13-16H2,(H,27,29). The van der Waals surface area contributed by atoms with E-state index in [0.717, 1.165) is 11.1 Å². The Hall–Kier alpha value is -3.47. The van der Waals surface area contributed by atoms with Gasteiger partial charge in [-0.3, -0.25) is 9.59 Å². The molecule has 0 bridgehead atoms. The molecule has 1 N–H and O–H groups in total. The van der Waals surface area contributed by atoms with Gasteiger partial charge in [0.25, 0.3) is 11.8 Å². The zero-order valence-corrected chi connectivity index (χ0v) is 16.6. The van der Waals surface area contributed by atoms with Gasteiger partial charge in [0, 0.05) is 30.3 Å². The van der Waals surface area contributed by atoms with Crippen molar-refractivity contribution in [2.24, 2.45) is 0 Å². The number of hydrogen-bond donors (Lipinski definition) is 1. The molecular formula is C25H23FN2O2. The molecule has 3 aromatic carbocycles. The number of halogens is 1. The largest absolute Gasteiger partial charge is 0.349 e. The van der Waals surface area contributed by atoms with Crippen molar-refractivity contribution < 1.29 is 14.0 Å². The summed E-state index contributed by atoms with van der Waals surface area (Å²) in [5.74, 6) is -0.707. The summed E-state index contributed by atoms with van der Waals surface area (Å²) in [7, 11) is 0. The minimum absolute atomic E-state index is 0.00418. The fourth-order valence-corrected chi connectivity index (χ4v) is 3.74. The fourth-order valence-electron chi connectivity index (χ4n) is 3.74. The number of benzene rings is 3. The normalized spacial score (nSPS) is 14.4. The lowest BCUT2D eigenvalue weighted by Crippen LogP contribution is -2.46. The number of hydrogen-bond acceptors (Lipinski definition) is 2. The molecule has 1 aliphatic heterocycles. The highest BCUT2D eigenvalue weighted by atomic mass is 19.1. The molecule has 152 valence electrons. The van der Waals surface area contributed by atoms with Gasteiger partial charge in [0.15, 0.2) is 0 Å². The van der Waals surface area contributed by atoms with E-state index >= 15 is 0 Å². The number of piperidine rings is 1. The van der Waals surface area contributed by atoms with Crippen LogP contribution in [0.1, 0.15) is 33.6 Å². The van der Waals surface area contributed by atoms with Crippen LogP contribution in [0.4, 0.5) is 4.39 Å². The summed E-state index contributed by atoms with van der Waals surface area (Å²) in [6, 6.07) is 23.3. The Bertz CT molecular complexity index is 1030. The van der Waals surface area contributed by atoms with Crippen molar-refractivity contribution in [3.8, 4) is 11.1 Å². The summed E-state index contributed by atoms with van der Waals surface area (Å²) in [6.07, 6.45) is 1.35. The molecule has 0 spiro atoms. The molecule has 0 aromatic heterocycles. The van der Waals surface area contributed by atoms with Crippen LogP contribution in [0.3, 0.4) is 0 Å². The van der Waals surface area contributed by atoms with Crippen molar-refractivity contribution in [3.63, 3.8) is 0 Å². The molecule has 4 nitrogen and oxygen atoms in total. The van der Waals surface area contributed by atoms with Gasteiger partial charge in [-0.1, -0.05) is 48.5 Å². The topological polar surface area (TPSA) is 49.4 Å². The van der Waals surface area contributed by atoms with Crippen molar-refractivity contribution in [2.75, 3.05) is 13.1 Å². The van der Waals surface area contributed by atoms with Gasteiger partial charge in [0.05, 0.1) is 0 Å². The van der Waals surface area contributed by atoms with Crippen molar-refractivity contribution in [3.05, 3.63) is 95.8 Å². The Balaban J connectivity index is 1.32. The highest BCUT2D eigenvalue weighted by Gasteiger charge is 2.25. The second kappa shape index (κ2) is 8.91. The highest BCUT2D eigenvalue weighted by molar-refractivity contribution is 5.95. The third kappa shape index (κ3) is 4.57. The number of rotatable bonds is 4. The lowest BCUT2D eigenvalue weighted by atomic mass is 10.0. The van der Waals surface area contributed by atoms with Crippen molar-refractivity contribution >= 4 is 11.8 Å². The van der Waals surface area contributed by atoms with Gasteiger partial charge in [-0.15, -0.1) is 0 Å². The van der Waals surface area contributed by atoms with E-state index in [0.29, 0.717) is 37.1 Å². The maximum absolute atomic E-state index is 13.3. The Labute approximate surface area is 175 Å². The van der Waals surface area contributed by atoms with E-state index in [1.165, 1.54) is 18.2 Å². The Morgan fingerprint density at radius 2 is 1.47 bits per heavy atom. The predicted molar refractivity (Wildman–Crippen MR) is 115 cm³/mol. The number of nitrogens with one attached hydrogen (secondary N) is 1. The quantitative estimate of drug-likeness (QED) is 0.697. The van der Waals surface area contributed by atoms with Gasteiger partial charge in [0.2, 0.25) is 0 Å². The van der Waals surface area contributed by atoms with Gasteiger partial charge in [-0.2, -0.15) is 0 Å². The number of amides is 2. The van der Waals surface area contributed by atoms with E-state index in [4.69, 9.17) is 0 Å². The molecule has 30 heavy (non-hydrogen) atoms. The van der Waals surface area contributed by atoms with E-state index in [1.807, 2.05) is 59.5 Å². The summed E-state index contributed by atoms with van der Waals surface area (Å²) < 4.78 is 13.3. The Morgan fingerprint density at radius 3 is 2.13 bits per heavy atom. The zero-order valence-electron chi connectivity index (χ0n) is 16.6. The molecule has 2 amide bonds. The first kappa shape index (κ1) is 19.8. The molecule has 5 heteroatoms. The number of nitrogens with zero attached hydrogens (tertiary/aromatic N) is 1. The fraction of sp³-hybridized carbons (Fsp3) is 0.200. The number of carbonyl (C=O) groups is 2. The summed E-state index contributed by atoms with van der Waals surface area (Å²) >= 11 is 0. The molecule has 1 fully saturated rings. The molecule has 0 atom stereocenters. The lowest BCUT2D eigenvalue weighted by molar-refractivity contribution is 0.0698. The molecule has 0 aliphatic carbocycles. The van der Waals surface area contributed by atoms with E-state index < -0.39 is 5.82 Å². The van der Waals surface area contributed by atoms with Crippen LogP contribution in [-0.2, 0) is 0 Å². The minimum atomic E-state index is -0.429. The molecule has 3 aromatic rings. The van der Waals surface area contributed by atoms with E-state index in [1.54, 1.807) is 6.07 Å². The molecule has 0 unspecified atom stereocenters. The Kier molecular flexibility index (Phi) is 5.89. The third-order valence-corrected chi connectivity index (χ3v) is 5.44. The maximum atomic E-state index is 13.3. The average molecular weight is 402 g/mol. The summed E-state index contributed by atoms with van der Waals surface area (Å²) in [5.41, 5.74) is 3.17. The lowest BCUT2D eigenvalue weighted by Gasteiger charge is -2.32. The van der Waals surface area contributed by atoms with E-state index in [-0.39, 0.29) is 17.9 Å². The first-order valence-corrected chi connectivity index (χ1v) is 10.1. The summed E-state index contributed by atoms with van der Waals surface area (Å²) in [6.45, 7) is 1.15. The van der Waals surface area contributed by atoms with Crippen LogP contribution in [0.5, 0.6) is 0 Å². The van der Waals surface area contributed by atoms with Gasteiger partial charge in [0.1, 0.15) is 5.82 Å². The molecule has 1 heterocycles. The SMILES string of the molecule is O=C(NC1CCN(C(=O)c2ccc(-c3ccccc3)cc2)CC1)c1cccc(F)c1.